The zero-order valence-electron chi connectivity index (χ0n) is 31.3. The average molecular weight is 740 g/mol. The van der Waals surface area contributed by atoms with Crippen LogP contribution in [0.25, 0.3) is 0 Å². The van der Waals surface area contributed by atoms with Crippen LogP contribution >= 0.6 is 0 Å². The minimum absolute atomic E-state index is 0.143. The van der Waals surface area contributed by atoms with Crippen LogP contribution in [0.15, 0.2) is 0 Å². The van der Waals surface area contributed by atoms with Gasteiger partial charge in [-0.05, 0) is 111 Å². The van der Waals surface area contributed by atoms with Gasteiger partial charge in [-0.25, -0.2) is 0 Å². The van der Waals surface area contributed by atoms with Crippen LogP contribution in [0.3, 0.4) is 0 Å². The standard InChI is InChI=1S/C39H65NO12/c1-18-7-12-39(40-15-18)19(2)28-25(52-39)14-24-22-6-5-20-13-21(8-10-37(20,3)23(22)9-11-38(24,28)4)48-35-33(47)31(45)34(27(17-42)50-35)51-36-32(46)30(44)29(43)26(16-41)49-36/h18-36,40-47H,5-17H2,1-4H3/t18-,19-,20-,21-,22+,23-,24-,25-,26+,27+,28-,29+,30-,31+,32+,33+,34-,35+,36+,37-,38-,39-/m0/s1. The smallest absolute Gasteiger partial charge is 0.187 e. The molecule has 8 aliphatic rings. The van der Waals surface area contributed by atoms with Gasteiger partial charge >= 0.3 is 0 Å². The fraction of sp³-hybridized carbons (Fsp3) is 1.00. The van der Waals surface area contributed by atoms with Gasteiger partial charge in [0.2, 0.25) is 0 Å². The number of hydrogen-bond acceptors (Lipinski definition) is 13. The lowest BCUT2D eigenvalue weighted by atomic mass is 9.44. The molecule has 22 atom stereocenters. The molecule has 4 saturated carbocycles. The molecule has 52 heavy (non-hydrogen) atoms. The molecule has 0 aromatic rings. The van der Waals surface area contributed by atoms with E-state index in [-0.39, 0.29) is 17.2 Å². The summed E-state index contributed by atoms with van der Waals surface area (Å²) in [6.07, 6.45) is -3.24. The van der Waals surface area contributed by atoms with Crippen LogP contribution in [-0.2, 0) is 23.7 Å². The molecule has 4 aliphatic heterocycles. The second-order valence-electron chi connectivity index (χ2n) is 18.9. The molecule has 0 aromatic heterocycles. The lowest BCUT2D eigenvalue weighted by Gasteiger charge is -2.61. The van der Waals surface area contributed by atoms with Gasteiger partial charge < -0.3 is 59.4 Å². The normalized spacial score (nSPS) is 59.0. The zero-order chi connectivity index (χ0) is 36.9. The first-order valence-electron chi connectivity index (χ1n) is 20.4. The van der Waals surface area contributed by atoms with Crippen molar-refractivity contribution in [3.63, 3.8) is 0 Å². The predicted octanol–water partition coefficient (Wildman–Crippen LogP) is 1.02. The quantitative estimate of drug-likeness (QED) is 0.180. The van der Waals surface area contributed by atoms with E-state index in [0.29, 0.717) is 52.9 Å². The van der Waals surface area contributed by atoms with Crippen LogP contribution in [0, 0.1) is 52.3 Å². The molecule has 4 heterocycles. The summed E-state index contributed by atoms with van der Waals surface area (Å²) in [7, 11) is 0. The van der Waals surface area contributed by atoms with E-state index in [4.69, 9.17) is 23.7 Å². The molecule has 4 aliphatic carbocycles. The fourth-order valence-electron chi connectivity index (χ4n) is 13.4. The molecular formula is C39H65NO12. The molecule has 13 nitrogen and oxygen atoms in total. The molecule has 0 aromatic carbocycles. The van der Waals surface area contributed by atoms with Crippen LogP contribution in [0.1, 0.15) is 91.9 Å². The van der Waals surface area contributed by atoms with Crippen LogP contribution in [-0.4, -0.2) is 135 Å². The highest BCUT2D eigenvalue weighted by Gasteiger charge is 2.68. The molecule has 1 spiro atoms. The number of aliphatic hydroxyl groups is 7. The molecule has 0 unspecified atom stereocenters. The third-order valence-corrected chi connectivity index (χ3v) is 16.4. The lowest BCUT2D eigenvalue weighted by Crippen LogP contribution is -2.65. The Morgan fingerprint density at radius 3 is 2.10 bits per heavy atom. The van der Waals surface area contributed by atoms with Crippen LogP contribution in [0.5, 0.6) is 0 Å². The number of hydrogen-bond donors (Lipinski definition) is 8. The summed E-state index contributed by atoms with van der Waals surface area (Å²) in [4.78, 5) is 0. The van der Waals surface area contributed by atoms with E-state index < -0.39 is 74.6 Å². The van der Waals surface area contributed by atoms with Crippen molar-refractivity contribution in [3.8, 4) is 0 Å². The van der Waals surface area contributed by atoms with Crippen molar-refractivity contribution < 1.29 is 59.4 Å². The van der Waals surface area contributed by atoms with Gasteiger partial charge in [0.15, 0.2) is 12.6 Å². The van der Waals surface area contributed by atoms with E-state index >= 15 is 0 Å². The molecule has 0 bridgehead atoms. The third kappa shape index (κ3) is 5.98. The van der Waals surface area contributed by atoms with E-state index in [0.717, 1.165) is 38.6 Å². The molecule has 8 rings (SSSR count). The summed E-state index contributed by atoms with van der Waals surface area (Å²) in [5, 5.41) is 76.7. The number of rotatable bonds is 6. The van der Waals surface area contributed by atoms with E-state index in [1.165, 1.54) is 32.1 Å². The number of fused-ring (bicyclic) bond motifs is 7. The Balaban J connectivity index is 0.892. The van der Waals surface area contributed by atoms with Crippen molar-refractivity contribution in [3.05, 3.63) is 0 Å². The Morgan fingerprint density at radius 1 is 0.692 bits per heavy atom. The first kappa shape index (κ1) is 38.4. The van der Waals surface area contributed by atoms with Gasteiger partial charge in [-0.1, -0.05) is 27.7 Å². The third-order valence-electron chi connectivity index (χ3n) is 16.4. The minimum atomic E-state index is -1.71. The Labute approximate surface area is 307 Å². The molecule has 8 fully saturated rings. The lowest BCUT2D eigenvalue weighted by molar-refractivity contribution is -0.364. The number of aliphatic hydroxyl groups excluding tert-OH is 7. The summed E-state index contributed by atoms with van der Waals surface area (Å²) in [5.41, 5.74) is 0.377. The largest absolute Gasteiger partial charge is 0.394 e. The molecule has 0 radical (unpaired) electrons. The van der Waals surface area contributed by atoms with E-state index in [1.54, 1.807) is 0 Å². The highest BCUT2D eigenvalue weighted by atomic mass is 16.7. The molecule has 4 saturated heterocycles. The summed E-state index contributed by atoms with van der Waals surface area (Å²) in [6, 6.07) is 0. The van der Waals surface area contributed by atoms with Crippen LogP contribution in [0.4, 0.5) is 0 Å². The summed E-state index contributed by atoms with van der Waals surface area (Å²) in [5.74, 6) is 4.38. The first-order valence-corrected chi connectivity index (χ1v) is 20.4. The average Bonchev–Trinajstić information content (AvgIpc) is 3.58. The van der Waals surface area contributed by atoms with Gasteiger partial charge in [-0.2, -0.15) is 0 Å². The van der Waals surface area contributed by atoms with Crippen LogP contribution < -0.4 is 5.32 Å². The second-order valence-corrected chi connectivity index (χ2v) is 18.9. The van der Waals surface area contributed by atoms with Gasteiger partial charge in [0, 0.05) is 12.5 Å². The summed E-state index contributed by atoms with van der Waals surface area (Å²) < 4.78 is 30.6. The van der Waals surface area contributed by atoms with Crippen molar-refractivity contribution in [1.82, 2.24) is 5.32 Å². The maximum absolute atomic E-state index is 11.2. The van der Waals surface area contributed by atoms with E-state index in [1.807, 2.05) is 0 Å². The van der Waals surface area contributed by atoms with Crippen molar-refractivity contribution in [2.45, 2.75) is 171 Å². The summed E-state index contributed by atoms with van der Waals surface area (Å²) in [6.45, 7) is 9.74. The van der Waals surface area contributed by atoms with E-state index in [2.05, 4.69) is 33.0 Å². The van der Waals surface area contributed by atoms with Gasteiger partial charge in [0.05, 0.1) is 25.4 Å². The topological polar surface area (TPSA) is 200 Å². The highest BCUT2D eigenvalue weighted by Crippen LogP contribution is 2.71. The van der Waals surface area contributed by atoms with Crippen molar-refractivity contribution in [2.75, 3.05) is 19.8 Å². The first-order chi connectivity index (χ1) is 24.7. The van der Waals surface area contributed by atoms with Gasteiger partial charge in [-0.3, -0.25) is 5.32 Å². The summed E-state index contributed by atoms with van der Waals surface area (Å²) >= 11 is 0. The number of ether oxygens (including phenoxy) is 5. The van der Waals surface area contributed by atoms with Gasteiger partial charge in [-0.15, -0.1) is 0 Å². The van der Waals surface area contributed by atoms with E-state index in [9.17, 15) is 35.7 Å². The zero-order valence-corrected chi connectivity index (χ0v) is 31.3. The Hall–Kier alpha value is -0.520. The maximum Gasteiger partial charge on any atom is 0.187 e. The fourth-order valence-corrected chi connectivity index (χ4v) is 13.4. The van der Waals surface area contributed by atoms with Crippen molar-refractivity contribution in [2.24, 2.45) is 52.3 Å². The second kappa shape index (κ2) is 14.1. The van der Waals surface area contributed by atoms with Gasteiger partial charge in [0.25, 0.3) is 0 Å². The number of nitrogens with one attached hydrogen (secondary N) is 1. The molecule has 0 amide bonds. The van der Waals surface area contributed by atoms with Crippen molar-refractivity contribution >= 4 is 0 Å². The SMILES string of the molecule is C[C@H]1CC[C@]2(NC1)O[C@H]1C[C@H]3[C@@H]4CC[C@H]5C[C@@H](O[C@@H]6O[C@H](CO)[C@H](O[C@H]7O[C@H](CO)[C@@H](O)[C@H](O)[C@H]7O)[C@H](O)[C@H]6O)CC[C@]5(C)[C@H]4CC[C@]3(C)[C@H]1[C@@H]2C. The minimum Gasteiger partial charge on any atom is -0.394 e. The Bertz CT molecular complexity index is 1270. The van der Waals surface area contributed by atoms with Crippen LogP contribution in [0.2, 0.25) is 0 Å². The Kier molecular flexibility index (Phi) is 10.4. The molecular weight excluding hydrogens is 674 g/mol. The number of piperidine rings is 1. The van der Waals surface area contributed by atoms with Crippen molar-refractivity contribution in [1.29, 1.82) is 0 Å². The highest BCUT2D eigenvalue weighted by molar-refractivity contribution is 5.16. The molecule has 298 valence electrons. The maximum atomic E-state index is 11.2. The van der Waals surface area contributed by atoms with Gasteiger partial charge in [0.1, 0.15) is 54.6 Å². The molecule has 13 heteroatoms. The predicted molar refractivity (Wildman–Crippen MR) is 185 cm³/mol. The monoisotopic (exact) mass is 739 g/mol. The Morgan fingerprint density at radius 2 is 1.38 bits per heavy atom. The molecule has 8 N–H and O–H groups in total.